The number of piperazine rings is 1. The molecule has 1 unspecified atom stereocenters. The van der Waals surface area contributed by atoms with E-state index < -0.39 is 0 Å². The Balaban J connectivity index is 1.23. The van der Waals surface area contributed by atoms with Gasteiger partial charge in [-0.15, -0.1) is 0 Å². The Morgan fingerprint density at radius 3 is 2.64 bits per heavy atom. The van der Waals surface area contributed by atoms with Gasteiger partial charge in [-0.25, -0.2) is 0 Å². The van der Waals surface area contributed by atoms with Gasteiger partial charge < -0.3 is 15.0 Å². The SMILES string of the molecule is O=C(CN1CCN(CC2CCCO2)CC1)Nc1cccc(N2CCCC2=O)c1. The molecule has 3 aliphatic heterocycles. The molecule has 0 spiro atoms. The monoisotopic (exact) mass is 386 g/mol. The first kappa shape index (κ1) is 19.4. The predicted molar refractivity (Wildman–Crippen MR) is 109 cm³/mol. The van der Waals surface area contributed by atoms with Crippen molar-refractivity contribution in [1.29, 1.82) is 0 Å². The van der Waals surface area contributed by atoms with Crippen molar-refractivity contribution >= 4 is 23.2 Å². The molecule has 0 saturated carbocycles. The van der Waals surface area contributed by atoms with Gasteiger partial charge in [0.15, 0.2) is 0 Å². The fourth-order valence-electron chi connectivity index (χ4n) is 4.28. The molecular weight excluding hydrogens is 356 g/mol. The molecule has 3 heterocycles. The summed E-state index contributed by atoms with van der Waals surface area (Å²) in [6.45, 7) is 6.86. The molecule has 2 amide bonds. The average Bonchev–Trinajstić information content (AvgIpc) is 3.35. The summed E-state index contributed by atoms with van der Waals surface area (Å²) >= 11 is 0. The first-order chi connectivity index (χ1) is 13.7. The summed E-state index contributed by atoms with van der Waals surface area (Å²) in [5.74, 6) is 0.154. The van der Waals surface area contributed by atoms with Crippen LogP contribution in [0.15, 0.2) is 24.3 Å². The van der Waals surface area contributed by atoms with Crippen molar-refractivity contribution < 1.29 is 14.3 Å². The number of nitrogens with one attached hydrogen (secondary N) is 1. The van der Waals surface area contributed by atoms with Crippen LogP contribution in [0.3, 0.4) is 0 Å². The highest BCUT2D eigenvalue weighted by molar-refractivity contribution is 5.97. The number of hydrogen-bond acceptors (Lipinski definition) is 5. The van der Waals surface area contributed by atoms with Crippen LogP contribution in [0.1, 0.15) is 25.7 Å². The molecule has 3 saturated heterocycles. The molecule has 1 N–H and O–H groups in total. The molecule has 1 aromatic rings. The van der Waals surface area contributed by atoms with Crippen molar-refractivity contribution in [3.05, 3.63) is 24.3 Å². The minimum absolute atomic E-state index is 0.00234. The minimum Gasteiger partial charge on any atom is -0.377 e. The standard InChI is InChI=1S/C21H30N4O3/c26-20(16-24-11-9-23(10-12-24)15-19-6-3-13-28-19)22-17-4-1-5-18(14-17)25-8-2-7-21(25)27/h1,4-5,14,19H,2-3,6-13,15-16H2,(H,22,26). The van der Waals surface area contributed by atoms with Crippen LogP contribution >= 0.6 is 0 Å². The van der Waals surface area contributed by atoms with Crippen LogP contribution in [0.2, 0.25) is 0 Å². The molecule has 0 bridgehead atoms. The van der Waals surface area contributed by atoms with Gasteiger partial charge in [-0.1, -0.05) is 6.07 Å². The Kier molecular flexibility index (Phi) is 6.24. The fraction of sp³-hybridized carbons (Fsp3) is 0.619. The number of anilines is 2. The van der Waals surface area contributed by atoms with E-state index in [1.807, 2.05) is 24.3 Å². The summed E-state index contributed by atoms with van der Waals surface area (Å²) in [5, 5.41) is 2.99. The van der Waals surface area contributed by atoms with Crippen LogP contribution in [0, 0.1) is 0 Å². The molecule has 28 heavy (non-hydrogen) atoms. The Morgan fingerprint density at radius 2 is 1.93 bits per heavy atom. The van der Waals surface area contributed by atoms with Crippen molar-refractivity contribution in [1.82, 2.24) is 9.80 Å². The molecule has 152 valence electrons. The van der Waals surface area contributed by atoms with Crippen LogP contribution in [0.25, 0.3) is 0 Å². The number of nitrogens with zero attached hydrogens (tertiary/aromatic N) is 3. The Bertz CT molecular complexity index is 697. The quantitative estimate of drug-likeness (QED) is 0.804. The van der Waals surface area contributed by atoms with E-state index in [0.29, 0.717) is 19.1 Å². The molecule has 3 aliphatic rings. The first-order valence-corrected chi connectivity index (χ1v) is 10.4. The van der Waals surface area contributed by atoms with Gasteiger partial charge in [0.2, 0.25) is 11.8 Å². The fourth-order valence-corrected chi connectivity index (χ4v) is 4.28. The summed E-state index contributed by atoms with van der Waals surface area (Å²) in [5.41, 5.74) is 1.61. The molecule has 7 heteroatoms. The molecule has 1 atom stereocenters. The largest absolute Gasteiger partial charge is 0.377 e. The van der Waals surface area contributed by atoms with Crippen molar-refractivity contribution in [2.24, 2.45) is 0 Å². The van der Waals surface area contributed by atoms with Gasteiger partial charge in [0.05, 0.1) is 12.6 Å². The second kappa shape index (κ2) is 9.03. The maximum absolute atomic E-state index is 12.5. The lowest BCUT2D eigenvalue weighted by Gasteiger charge is -2.35. The highest BCUT2D eigenvalue weighted by atomic mass is 16.5. The van der Waals surface area contributed by atoms with Crippen molar-refractivity contribution in [2.45, 2.75) is 31.8 Å². The average molecular weight is 386 g/mol. The van der Waals surface area contributed by atoms with Gasteiger partial charge >= 0.3 is 0 Å². The maximum Gasteiger partial charge on any atom is 0.238 e. The minimum atomic E-state index is -0.00234. The molecule has 0 aliphatic carbocycles. The van der Waals surface area contributed by atoms with Crippen molar-refractivity contribution in [3.63, 3.8) is 0 Å². The summed E-state index contributed by atoms with van der Waals surface area (Å²) in [6, 6.07) is 7.58. The van der Waals surface area contributed by atoms with Crippen molar-refractivity contribution in [3.8, 4) is 0 Å². The zero-order valence-electron chi connectivity index (χ0n) is 16.4. The van der Waals surface area contributed by atoms with E-state index in [1.165, 1.54) is 12.8 Å². The van der Waals surface area contributed by atoms with Gasteiger partial charge in [0.25, 0.3) is 0 Å². The molecule has 4 rings (SSSR count). The lowest BCUT2D eigenvalue weighted by atomic mass is 10.2. The van der Waals surface area contributed by atoms with E-state index in [1.54, 1.807) is 4.90 Å². The summed E-state index contributed by atoms with van der Waals surface area (Å²) in [6.07, 6.45) is 4.25. The number of hydrogen-bond donors (Lipinski definition) is 1. The van der Waals surface area contributed by atoms with E-state index in [-0.39, 0.29) is 11.8 Å². The topological polar surface area (TPSA) is 65.1 Å². The Labute approximate surface area is 166 Å². The number of ether oxygens (including phenoxy) is 1. The zero-order chi connectivity index (χ0) is 19.3. The number of carbonyl (C=O) groups is 2. The number of rotatable bonds is 6. The smallest absolute Gasteiger partial charge is 0.238 e. The van der Waals surface area contributed by atoms with Crippen LogP contribution in [-0.2, 0) is 14.3 Å². The molecular formula is C21H30N4O3. The lowest BCUT2D eigenvalue weighted by Crippen LogP contribution is -2.50. The predicted octanol–water partition coefficient (Wildman–Crippen LogP) is 1.55. The third-order valence-corrected chi connectivity index (χ3v) is 5.83. The van der Waals surface area contributed by atoms with Gasteiger partial charge in [-0.3, -0.25) is 19.4 Å². The van der Waals surface area contributed by atoms with Gasteiger partial charge in [0.1, 0.15) is 0 Å². The molecule has 1 aromatic carbocycles. The normalized spacial score (nSPS) is 24.1. The molecule has 0 radical (unpaired) electrons. The first-order valence-electron chi connectivity index (χ1n) is 10.4. The summed E-state index contributed by atoms with van der Waals surface area (Å²) in [7, 11) is 0. The lowest BCUT2D eigenvalue weighted by molar-refractivity contribution is -0.118. The second-order valence-corrected chi connectivity index (χ2v) is 7.96. The highest BCUT2D eigenvalue weighted by Crippen LogP contribution is 2.24. The molecule has 0 aromatic heterocycles. The summed E-state index contributed by atoms with van der Waals surface area (Å²) in [4.78, 5) is 30.8. The highest BCUT2D eigenvalue weighted by Gasteiger charge is 2.24. The van der Waals surface area contributed by atoms with E-state index in [2.05, 4.69) is 15.1 Å². The van der Waals surface area contributed by atoms with Crippen LogP contribution in [-0.4, -0.2) is 80.1 Å². The van der Waals surface area contributed by atoms with E-state index >= 15 is 0 Å². The van der Waals surface area contributed by atoms with E-state index in [9.17, 15) is 9.59 Å². The van der Waals surface area contributed by atoms with E-state index in [4.69, 9.17) is 4.74 Å². The Hall–Kier alpha value is -1.96. The summed E-state index contributed by atoms with van der Waals surface area (Å²) < 4.78 is 5.72. The van der Waals surface area contributed by atoms with Gasteiger partial charge in [0, 0.05) is 63.7 Å². The van der Waals surface area contributed by atoms with Gasteiger partial charge in [-0.2, -0.15) is 0 Å². The third kappa shape index (κ3) is 4.90. The Morgan fingerprint density at radius 1 is 1.11 bits per heavy atom. The number of amides is 2. The third-order valence-electron chi connectivity index (χ3n) is 5.83. The second-order valence-electron chi connectivity index (χ2n) is 7.96. The number of benzene rings is 1. The van der Waals surface area contributed by atoms with Crippen LogP contribution < -0.4 is 10.2 Å². The zero-order valence-corrected chi connectivity index (χ0v) is 16.4. The van der Waals surface area contributed by atoms with Crippen molar-refractivity contribution in [2.75, 3.05) is 62.6 Å². The molecule has 3 fully saturated rings. The van der Waals surface area contributed by atoms with Crippen LogP contribution in [0.5, 0.6) is 0 Å². The molecule has 7 nitrogen and oxygen atoms in total. The van der Waals surface area contributed by atoms with Crippen LogP contribution in [0.4, 0.5) is 11.4 Å². The van der Waals surface area contributed by atoms with Gasteiger partial charge in [-0.05, 0) is 37.5 Å². The van der Waals surface area contributed by atoms with E-state index in [0.717, 1.165) is 63.7 Å². The number of carbonyl (C=O) groups excluding carboxylic acids is 2. The maximum atomic E-state index is 12.5.